The fourth-order valence-electron chi connectivity index (χ4n) is 3.13. The number of ether oxygens (including phenoxy) is 1. The van der Waals surface area contributed by atoms with Crippen molar-refractivity contribution in [2.75, 3.05) is 13.6 Å². The number of nitrogens with zero attached hydrogens (tertiary/aromatic N) is 3. The van der Waals surface area contributed by atoms with Crippen molar-refractivity contribution in [1.29, 1.82) is 0 Å². The number of benzene rings is 1. The van der Waals surface area contributed by atoms with E-state index in [9.17, 15) is 17.6 Å². The highest BCUT2D eigenvalue weighted by Crippen LogP contribution is 2.39. The molecular formula is C16H16BrF4N3O. The molecule has 0 unspecified atom stereocenters. The number of alkyl halides is 3. The summed E-state index contributed by atoms with van der Waals surface area (Å²) in [7, 11) is 1.99. The van der Waals surface area contributed by atoms with Crippen molar-refractivity contribution in [3.05, 3.63) is 28.1 Å². The molecule has 1 fully saturated rings. The standard InChI is InChI=1S/C16H16BrF4N3O/c1-8(11-4-3-5-24(11)2)25-15-22-7-9-6-10(16(19,20)21)12(17)13(18)14(9)23-15/h6-8,11H,3-5H2,1-2H3/t8-,11-/m0/s1. The predicted molar refractivity (Wildman–Crippen MR) is 87.9 cm³/mol. The number of likely N-dealkylation sites (N-methyl/N-ethyl adjacent to an activating group) is 1. The number of fused-ring (bicyclic) bond motifs is 1. The summed E-state index contributed by atoms with van der Waals surface area (Å²) in [5.74, 6) is -1.08. The first-order valence-corrected chi connectivity index (χ1v) is 8.56. The fourth-order valence-corrected chi connectivity index (χ4v) is 3.66. The van der Waals surface area contributed by atoms with Crippen LogP contribution in [-0.4, -0.2) is 40.6 Å². The van der Waals surface area contributed by atoms with Crippen LogP contribution in [-0.2, 0) is 6.18 Å². The zero-order valence-electron chi connectivity index (χ0n) is 13.6. The van der Waals surface area contributed by atoms with E-state index in [1.807, 2.05) is 14.0 Å². The minimum Gasteiger partial charge on any atom is -0.459 e. The number of hydrogen-bond donors (Lipinski definition) is 0. The molecule has 2 atom stereocenters. The SMILES string of the molecule is C[C@H](Oc1ncc2cc(C(F)(F)F)c(Br)c(F)c2n1)[C@@H]1CCCN1C. The summed E-state index contributed by atoms with van der Waals surface area (Å²) < 4.78 is 58.3. The fraction of sp³-hybridized carbons (Fsp3) is 0.500. The summed E-state index contributed by atoms with van der Waals surface area (Å²) in [5, 5.41) is -0.0361. The highest BCUT2D eigenvalue weighted by Gasteiger charge is 2.35. The van der Waals surface area contributed by atoms with Gasteiger partial charge in [0.2, 0.25) is 0 Å². The van der Waals surface area contributed by atoms with E-state index in [-0.39, 0.29) is 29.1 Å². The zero-order chi connectivity index (χ0) is 18.4. The van der Waals surface area contributed by atoms with Gasteiger partial charge in [0.05, 0.1) is 10.0 Å². The van der Waals surface area contributed by atoms with Gasteiger partial charge in [0.15, 0.2) is 5.82 Å². The van der Waals surface area contributed by atoms with Gasteiger partial charge in [-0.15, -0.1) is 0 Å². The third-order valence-electron chi connectivity index (χ3n) is 4.45. The largest absolute Gasteiger partial charge is 0.459 e. The lowest BCUT2D eigenvalue weighted by molar-refractivity contribution is -0.138. The van der Waals surface area contributed by atoms with Gasteiger partial charge >= 0.3 is 12.2 Å². The molecule has 9 heteroatoms. The minimum atomic E-state index is -4.68. The molecule has 0 radical (unpaired) electrons. The number of likely N-dealkylation sites (tertiary alicyclic amines) is 1. The summed E-state index contributed by atoms with van der Waals surface area (Å²) in [6, 6.07) is 0.967. The van der Waals surface area contributed by atoms with E-state index in [4.69, 9.17) is 4.74 Å². The van der Waals surface area contributed by atoms with Gasteiger partial charge in [-0.2, -0.15) is 18.2 Å². The smallest absolute Gasteiger partial charge is 0.417 e. The van der Waals surface area contributed by atoms with Crippen LogP contribution in [0.4, 0.5) is 17.6 Å². The van der Waals surface area contributed by atoms with Crippen LogP contribution in [0.25, 0.3) is 10.9 Å². The molecule has 0 N–H and O–H groups in total. The molecule has 136 valence electrons. The molecule has 0 aliphatic carbocycles. The number of halogens is 5. The Bertz CT molecular complexity index is 799. The predicted octanol–water partition coefficient (Wildman–Crippen LogP) is 4.41. The molecule has 0 amide bonds. The van der Waals surface area contributed by atoms with Crippen LogP contribution in [0.1, 0.15) is 25.3 Å². The van der Waals surface area contributed by atoms with Gasteiger partial charge in [-0.3, -0.25) is 4.90 Å². The highest BCUT2D eigenvalue weighted by atomic mass is 79.9. The Labute approximate surface area is 150 Å². The summed E-state index contributed by atoms with van der Waals surface area (Å²) in [6.45, 7) is 2.85. The highest BCUT2D eigenvalue weighted by molar-refractivity contribution is 9.10. The van der Waals surface area contributed by atoms with E-state index < -0.39 is 22.0 Å². The van der Waals surface area contributed by atoms with E-state index >= 15 is 0 Å². The maximum atomic E-state index is 14.4. The summed E-state index contributed by atoms with van der Waals surface area (Å²) in [4.78, 5) is 10.1. The van der Waals surface area contributed by atoms with E-state index in [0.717, 1.165) is 31.6 Å². The van der Waals surface area contributed by atoms with Crippen LogP contribution in [0, 0.1) is 5.82 Å². The van der Waals surface area contributed by atoms with Crippen LogP contribution < -0.4 is 4.74 Å². The van der Waals surface area contributed by atoms with Crippen molar-refractivity contribution < 1.29 is 22.3 Å². The molecule has 1 aliphatic heterocycles. The number of aromatic nitrogens is 2. The van der Waals surface area contributed by atoms with Crippen molar-refractivity contribution in [1.82, 2.24) is 14.9 Å². The van der Waals surface area contributed by atoms with Crippen LogP contribution in [0.3, 0.4) is 0 Å². The van der Waals surface area contributed by atoms with Gasteiger partial charge in [-0.1, -0.05) is 0 Å². The summed E-state index contributed by atoms with van der Waals surface area (Å²) in [6.07, 6.45) is -1.71. The first-order chi connectivity index (χ1) is 11.7. The van der Waals surface area contributed by atoms with E-state index in [1.165, 1.54) is 0 Å². The lowest BCUT2D eigenvalue weighted by Crippen LogP contribution is -2.38. The maximum Gasteiger partial charge on any atom is 0.417 e. The van der Waals surface area contributed by atoms with Crippen molar-refractivity contribution in [2.45, 2.75) is 38.1 Å². The van der Waals surface area contributed by atoms with Gasteiger partial charge in [-0.05, 0) is 55.4 Å². The Morgan fingerprint density at radius 2 is 2.12 bits per heavy atom. The van der Waals surface area contributed by atoms with Crippen LogP contribution >= 0.6 is 15.9 Å². The molecule has 1 aromatic heterocycles. The van der Waals surface area contributed by atoms with Crippen molar-refractivity contribution >= 4 is 26.8 Å². The Kier molecular flexibility index (Phi) is 4.89. The normalized spacial score (nSPS) is 20.2. The molecule has 1 aliphatic rings. The quantitative estimate of drug-likeness (QED) is 0.687. The van der Waals surface area contributed by atoms with E-state index in [2.05, 4.69) is 30.8 Å². The van der Waals surface area contributed by atoms with Crippen LogP contribution in [0.5, 0.6) is 6.01 Å². The number of hydrogen-bond acceptors (Lipinski definition) is 4. The lowest BCUT2D eigenvalue weighted by atomic mass is 10.1. The van der Waals surface area contributed by atoms with Crippen molar-refractivity contribution in [3.8, 4) is 6.01 Å². The van der Waals surface area contributed by atoms with Crippen LogP contribution in [0.2, 0.25) is 0 Å². The maximum absolute atomic E-state index is 14.4. The minimum absolute atomic E-state index is 0.0361. The molecule has 0 saturated carbocycles. The second-order valence-corrected chi connectivity index (χ2v) is 6.95. The Morgan fingerprint density at radius 3 is 2.72 bits per heavy atom. The van der Waals surface area contributed by atoms with Gasteiger partial charge in [-0.25, -0.2) is 9.37 Å². The zero-order valence-corrected chi connectivity index (χ0v) is 15.2. The monoisotopic (exact) mass is 421 g/mol. The third kappa shape index (κ3) is 3.57. The molecular weight excluding hydrogens is 406 g/mol. The molecule has 1 aromatic carbocycles. The van der Waals surface area contributed by atoms with Crippen molar-refractivity contribution in [2.24, 2.45) is 0 Å². The average molecular weight is 422 g/mol. The van der Waals surface area contributed by atoms with Crippen LogP contribution in [0.15, 0.2) is 16.7 Å². The summed E-state index contributed by atoms with van der Waals surface area (Å²) in [5.41, 5.74) is -1.31. The van der Waals surface area contributed by atoms with E-state index in [1.54, 1.807) is 0 Å². The molecule has 2 aromatic rings. The number of rotatable bonds is 3. The Hall–Kier alpha value is -1.48. The molecule has 3 rings (SSSR count). The van der Waals surface area contributed by atoms with Gasteiger partial charge < -0.3 is 4.74 Å². The first-order valence-electron chi connectivity index (χ1n) is 7.77. The van der Waals surface area contributed by atoms with Gasteiger partial charge in [0.25, 0.3) is 0 Å². The second kappa shape index (κ2) is 6.68. The topological polar surface area (TPSA) is 38.3 Å². The van der Waals surface area contributed by atoms with Gasteiger partial charge in [0, 0.05) is 17.6 Å². The molecule has 0 spiro atoms. The third-order valence-corrected chi connectivity index (χ3v) is 5.22. The average Bonchev–Trinajstić information content (AvgIpc) is 2.96. The summed E-state index contributed by atoms with van der Waals surface area (Å²) >= 11 is 2.67. The molecule has 0 bridgehead atoms. The molecule has 4 nitrogen and oxygen atoms in total. The van der Waals surface area contributed by atoms with E-state index in [0.29, 0.717) is 0 Å². The first kappa shape index (κ1) is 18.3. The molecule has 2 heterocycles. The Morgan fingerprint density at radius 1 is 1.40 bits per heavy atom. The lowest BCUT2D eigenvalue weighted by Gasteiger charge is -2.25. The van der Waals surface area contributed by atoms with Crippen molar-refractivity contribution in [3.63, 3.8) is 0 Å². The Balaban J connectivity index is 1.93. The van der Waals surface area contributed by atoms with Gasteiger partial charge in [0.1, 0.15) is 11.6 Å². The second-order valence-electron chi connectivity index (χ2n) is 6.15. The molecule has 25 heavy (non-hydrogen) atoms. The molecule has 1 saturated heterocycles.